The lowest BCUT2D eigenvalue weighted by atomic mass is 9.82. The number of rotatable bonds is 3. The van der Waals surface area contributed by atoms with Gasteiger partial charge in [-0.1, -0.05) is 98.6 Å². The van der Waals surface area contributed by atoms with Gasteiger partial charge in [-0.25, -0.2) is 0 Å². The molecule has 0 atom stereocenters. The Hall–Kier alpha value is -4.36. The molecule has 0 unspecified atom stereocenters. The maximum atomic E-state index is 8.43. The zero-order valence-corrected chi connectivity index (χ0v) is 19.5. The highest BCUT2D eigenvalue weighted by molar-refractivity contribution is 6.09. The summed E-state index contributed by atoms with van der Waals surface area (Å²) in [5.41, 5.74) is 3.80. The van der Waals surface area contributed by atoms with E-state index in [0.29, 0.717) is 22.3 Å². The van der Waals surface area contributed by atoms with Gasteiger partial charge in [0.2, 0.25) is 0 Å². The second-order valence-corrected chi connectivity index (χ2v) is 9.48. The molecular formula is C35H27N. The van der Waals surface area contributed by atoms with Gasteiger partial charge in [0.25, 0.3) is 0 Å². The second-order valence-electron chi connectivity index (χ2n) is 9.48. The fraction of sp³-hybridized carbons (Fsp3) is 0.0857. The molecular weight excluding hydrogens is 434 g/mol. The number of anilines is 2. The number of para-hydroxylation sites is 1. The Morgan fingerprint density at radius 1 is 0.528 bits per heavy atom. The molecule has 1 heteroatoms. The van der Waals surface area contributed by atoms with E-state index in [9.17, 15) is 0 Å². The van der Waals surface area contributed by atoms with Crippen molar-refractivity contribution in [3.8, 4) is 22.3 Å². The lowest BCUT2D eigenvalue weighted by Crippen LogP contribution is -2.14. The monoisotopic (exact) mass is 467 g/mol. The third kappa shape index (κ3) is 3.24. The van der Waals surface area contributed by atoms with Crippen molar-refractivity contribution >= 4 is 32.9 Å². The molecule has 7 rings (SSSR count). The van der Waals surface area contributed by atoms with Crippen LogP contribution in [-0.2, 0) is 5.41 Å². The van der Waals surface area contributed by atoms with E-state index in [1.165, 1.54) is 0 Å². The highest BCUT2D eigenvalue weighted by atomic mass is 14.9. The number of hydrogen-bond acceptors (Lipinski definition) is 1. The minimum atomic E-state index is -2.77. The Morgan fingerprint density at radius 2 is 1.25 bits per heavy atom. The molecule has 0 spiro atoms. The minimum absolute atomic E-state index is 0.331. The molecule has 0 aliphatic heterocycles. The number of nitrogens with one attached hydrogen (secondary N) is 1. The summed E-state index contributed by atoms with van der Waals surface area (Å²) in [5.74, 6) is 0. The summed E-state index contributed by atoms with van der Waals surface area (Å²) in [6, 6.07) is 39.5. The van der Waals surface area contributed by atoms with E-state index in [-0.39, 0.29) is 0 Å². The highest BCUT2D eigenvalue weighted by Gasteiger charge is 2.35. The van der Waals surface area contributed by atoms with Crippen LogP contribution in [0.1, 0.15) is 33.1 Å². The predicted octanol–water partition coefficient (Wildman–Crippen LogP) is 9.71. The van der Waals surface area contributed by atoms with Crippen molar-refractivity contribution in [2.24, 2.45) is 0 Å². The molecule has 6 aromatic rings. The highest BCUT2D eigenvalue weighted by Crippen LogP contribution is 2.49. The molecule has 0 radical (unpaired) electrons. The predicted molar refractivity (Wildman–Crippen MR) is 154 cm³/mol. The molecule has 1 N–H and O–H groups in total. The van der Waals surface area contributed by atoms with Gasteiger partial charge in [0.15, 0.2) is 0 Å². The van der Waals surface area contributed by atoms with E-state index in [0.717, 1.165) is 44.0 Å². The number of fused-ring (bicyclic) bond motifs is 6. The normalized spacial score (nSPS) is 16.7. The van der Waals surface area contributed by atoms with Crippen LogP contribution in [0.25, 0.3) is 43.8 Å². The molecule has 0 heterocycles. The zero-order valence-electron chi connectivity index (χ0n) is 25.5. The summed E-state index contributed by atoms with van der Waals surface area (Å²) >= 11 is 0. The van der Waals surface area contributed by atoms with Crippen LogP contribution < -0.4 is 5.32 Å². The fourth-order valence-electron chi connectivity index (χ4n) is 5.47. The summed E-state index contributed by atoms with van der Waals surface area (Å²) in [6.45, 7) is -5.53. The summed E-state index contributed by atoms with van der Waals surface area (Å²) in [6.07, 6.45) is 0. The average Bonchev–Trinajstić information content (AvgIpc) is 3.28. The lowest BCUT2D eigenvalue weighted by molar-refractivity contribution is 0.660. The van der Waals surface area contributed by atoms with Crippen molar-refractivity contribution in [1.29, 1.82) is 0 Å². The largest absolute Gasteiger partial charge is 0.356 e. The van der Waals surface area contributed by atoms with Gasteiger partial charge >= 0.3 is 0 Å². The van der Waals surface area contributed by atoms with Gasteiger partial charge in [0, 0.05) is 25.0 Å². The Balaban J connectivity index is 1.36. The van der Waals surface area contributed by atoms with Gasteiger partial charge in [-0.15, -0.1) is 0 Å². The average molecular weight is 468 g/mol. The maximum Gasteiger partial charge on any atom is 0.0390 e. The van der Waals surface area contributed by atoms with Crippen LogP contribution in [-0.4, -0.2) is 0 Å². The third-order valence-corrected chi connectivity index (χ3v) is 7.28. The van der Waals surface area contributed by atoms with E-state index in [2.05, 4.69) is 53.8 Å². The molecule has 0 amide bonds. The first-order valence-corrected chi connectivity index (χ1v) is 12.1. The maximum absolute atomic E-state index is 8.43. The van der Waals surface area contributed by atoms with Gasteiger partial charge in [0.1, 0.15) is 0 Å². The Labute approximate surface area is 220 Å². The van der Waals surface area contributed by atoms with Crippen LogP contribution in [0.4, 0.5) is 11.4 Å². The molecule has 6 aromatic carbocycles. The first-order chi connectivity index (χ1) is 20.1. The van der Waals surface area contributed by atoms with Crippen LogP contribution in [0.15, 0.2) is 121 Å². The van der Waals surface area contributed by atoms with Crippen molar-refractivity contribution in [3.63, 3.8) is 0 Å². The minimum Gasteiger partial charge on any atom is -0.356 e. The fourth-order valence-corrected chi connectivity index (χ4v) is 5.47. The van der Waals surface area contributed by atoms with Crippen molar-refractivity contribution in [2.75, 3.05) is 5.32 Å². The van der Waals surface area contributed by atoms with Crippen molar-refractivity contribution in [2.45, 2.75) is 19.1 Å². The van der Waals surface area contributed by atoms with E-state index >= 15 is 0 Å². The number of hydrogen-bond donors (Lipinski definition) is 1. The molecule has 0 saturated carbocycles. The Morgan fingerprint density at radius 3 is 2.14 bits per heavy atom. The van der Waals surface area contributed by atoms with Gasteiger partial charge in [-0.05, 0) is 91.3 Å². The van der Waals surface area contributed by atoms with Crippen LogP contribution in [0, 0.1) is 0 Å². The third-order valence-electron chi connectivity index (χ3n) is 7.28. The standard InChI is InChI=1S/C35H27N/c1-35(2)33-11-7-6-10-30(33)32-22-25(16-19-34(32)35)24-14-12-23-13-15-26-20-28(17-18-29(26)31(23)21-24)36-27-8-4-3-5-9-27/h3-22,36H,1-2H3/i1D3,2D3. The molecule has 172 valence electrons. The Bertz CT molecular complexity index is 1980. The Kier molecular flexibility index (Phi) is 3.39. The first-order valence-electron chi connectivity index (χ1n) is 15.1. The molecule has 0 saturated heterocycles. The molecule has 0 fully saturated rings. The van der Waals surface area contributed by atoms with Gasteiger partial charge < -0.3 is 5.32 Å². The van der Waals surface area contributed by atoms with Crippen molar-refractivity contribution in [1.82, 2.24) is 0 Å². The zero-order chi connectivity index (χ0) is 29.3. The molecule has 1 aliphatic carbocycles. The molecule has 1 aliphatic rings. The number of benzene rings is 6. The second kappa shape index (κ2) is 7.83. The van der Waals surface area contributed by atoms with Gasteiger partial charge in [-0.2, -0.15) is 0 Å². The molecule has 0 aromatic heterocycles. The van der Waals surface area contributed by atoms with E-state index in [4.69, 9.17) is 8.22 Å². The van der Waals surface area contributed by atoms with E-state index < -0.39 is 19.1 Å². The molecule has 36 heavy (non-hydrogen) atoms. The molecule has 0 bridgehead atoms. The van der Waals surface area contributed by atoms with Gasteiger partial charge in [-0.3, -0.25) is 0 Å². The molecule has 1 nitrogen and oxygen atoms in total. The van der Waals surface area contributed by atoms with Crippen LogP contribution >= 0.6 is 0 Å². The van der Waals surface area contributed by atoms with Crippen LogP contribution in [0.5, 0.6) is 0 Å². The topological polar surface area (TPSA) is 12.0 Å². The van der Waals surface area contributed by atoms with E-state index in [1.54, 1.807) is 18.2 Å². The van der Waals surface area contributed by atoms with Crippen LogP contribution in [0.3, 0.4) is 0 Å². The quantitative estimate of drug-likeness (QED) is 0.255. The SMILES string of the molecule is [2H]C([2H])([2H])C1(C([2H])([2H])[2H])c2ccccc2-c2cc(-c3ccc4ccc5cc(Nc6ccccc6)ccc5c4c3)ccc21. The van der Waals surface area contributed by atoms with Crippen molar-refractivity contribution < 1.29 is 8.22 Å². The first kappa shape index (κ1) is 15.6. The smallest absolute Gasteiger partial charge is 0.0390 e. The van der Waals surface area contributed by atoms with Gasteiger partial charge in [0.05, 0.1) is 0 Å². The van der Waals surface area contributed by atoms with Crippen molar-refractivity contribution in [3.05, 3.63) is 132 Å². The summed E-state index contributed by atoms with van der Waals surface area (Å²) in [5, 5.41) is 7.93. The summed E-state index contributed by atoms with van der Waals surface area (Å²) < 4.78 is 50.6. The summed E-state index contributed by atoms with van der Waals surface area (Å²) in [7, 11) is 0. The summed E-state index contributed by atoms with van der Waals surface area (Å²) in [4.78, 5) is 0. The van der Waals surface area contributed by atoms with Crippen LogP contribution in [0.2, 0.25) is 0 Å². The van der Waals surface area contributed by atoms with E-state index in [1.807, 2.05) is 54.6 Å². The lowest BCUT2D eigenvalue weighted by Gasteiger charge is -2.21.